The van der Waals surface area contributed by atoms with Crippen molar-refractivity contribution in [2.75, 3.05) is 13.2 Å². The number of benzene rings is 1. The molecule has 3 N–H and O–H groups in total. The Balaban J connectivity index is 1.57. The number of hydrazine groups is 1. The Kier molecular flexibility index (Phi) is 17.7. The normalized spacial score (nSPS) is 22.5. The Labute approximate surface area is 401 Å². The summed E-state index contributed by atoms with van der Waals surface area (Å²) in [6.07, 6.45) is 4.87. The van der Waals surface area contributed by atoms with Gasteiger partial charge < -0.3 is 29.3 Å². The predicted molar refractivity (Wildman–Crippen MR) is 258 cm³/mol. The van der Waals surface area contributed by atoms with Crippen LogP contribution < -0.4 is 16.1 Å². The third kappa shape index (κ3) is 15.3. The molecule has 3 amide bonds. The molecular formula is C47H70Cl3N5O9Si. The molecule has 2 fully saturated rings. The van der Waals surface area contributed by atoms with Gasteiger partial charge in [-0.2, -0.15) is 0 Å². The molecule has 18 heteroatoms. The molecule has 1 aliphatic carbocycles. The van der Waals surface area contributed by atoms with Crippen LogP contribution >= 0.6 is 34.8 Å². The lowest BCUT2D eigenvalue weighted by Crippen LogP contribution is -2.60. The summed E-state index contributed by atoms with van der Waals surface area (Å²) in [5.41, 5.74) is 2.79. The number of ether oxygens (including phenoxy) is 3. The molecule has 1 aliphatic heterocycles. The van der Waals surface area contributed by atoms with E-state index in [9.17, 15) is 24.0 Å². The number of fused-ring (bicyclic) bond motifs is 1. The van der Waals surface area contributed by atoms with E-state index in [-0.39, 0.29) is 11.6 Å². The van der Waals surface area contributed by atoms with E-state index < -0.39 is 95.3 Å². The van der Waals surface area contributed by atoms with Crippen LogP contribution in [0.3, 0.4) is 0 Å². The number of rotatable bonds is 14. The van der Waals surface area contributed by atoms with Crippen molar-refractivity contribution in [2.24, 2.45) is 11.3 Å². The van der Waals surface area contributed by atoms with Gasteiger partial charge in [0.25, 0.3) is 11.8 Å². The van der Waals surface area contributed by atoms with Crippen LogP contribution in [0.1, 0.15) is 132 Å². The highest BCUT2D eigenvalue weighted by molar-refractivity contribution is 6.74. The summed E-state index contributed by atoms with van der Waals surface area (Å²) in [7, 11) is -2.18. The number of halogens is 3. The molecule has 14 nitrogen and oxygen atoms in total. The molecule has 2 aliphatic rings. The standard InChI is InChI=1S/C47H70Cl3N5O9Si/c1-29(2)37(38(56)51-31(4)39(57)55-26-14-15-35(54-55)40(58)61-28-47(48,49)50)62-41(59)46(24-22-45(11,23-25-46)64-65(12,13)44(8,9)10)21-20-32-16-17-33-18-19-34(53-36(33)27-32)30(3)52-42(60)63-43(5,6)7/h16-21,27,29-31,35,37,54H,14-15,22-26,28H2,1-13H3,(H,51,56)(H,52,60)/b21-20+/t30-,31+,35+,37+,45?,46?/m1/s1. The Hall–Kier alpha value is -3.47. The summed E-state index contributed by atoms with van der Waals surface area (Å²) in [5.74, 6) is -2.80. The Bertz CT molecular complexity index is 2070. The van der Waals surface area contributed by atoms with Crippen LogP contribution in [0.15, 0.2) is 36.4 Å². The second-order valence-corrected chi connectivity index (χ2v) is 27.9. The van der Waals surface area contributed by atoms with Gasteiger partial charge in [-0.3, -0.25) is 29.2 Å². The summed E-state index contributed by atoms with van der Waals surface area (Å²) >= 11 is 17.2. The summed E-state index contributed by atoms with van der Waals surface area (Å²) in [4.78, 5) is 72.2. The molecule has 2 heterocycles. The van der Waals surface area contributed by atoms with E-state index in [0.717, 1.165) is 10.9 Å². The zero-order valence-electron chi connectivity index (χ0n) is 40.3. The van der Waals surface area contributed by atoms with Gasteiger partial charge in [0.2, 0.25) is 3.79 Å². The number of alkyl halides is 3. The molecule has 0 bridgehead atoms. The van der Waals surface area contributed by atoms with Crippen molar-refractivity contribution < 1.29 is 42.6 Å². The zero-order valence-corrected chi connectivity index (χ0v) is 43.6. The van der Waals surface area contributed by atoms with Gasteiger partial charge in [0.05, 0.1) is 28.3 Å². The molecule has 4 atom stereocenters. The first-order valence-electron chi connectivity index (χ1n) is 22.4. The molecule has 4 rings (SSSR count). The quantitative estimate of drug-likeness (QED) is 0.0712. The lowest BCUT2D eigenvalue weighted by molar-refractivity contribution is -0.169. The number of nitrogens with zero attached hydrogens (tertiary/aromatic N) is 2. The monoisotopic (exact) mass is 981 g/mol. The van der Waals surface area contributed by atoms with Gasteiger partial charge in [-0.25, -0.2) is 10.2 Å². The maximum Gasteiger partial charge on any atom is 0.408 e. The Morgan fingerprint density at radius 2 is 1.58 bits per heavy atom. The van der Waals surface area contributed by atoms with Crippen molar-refractivity contribution in [3.05, 3.63) is 47.7 Å². The van der Waals surface area contributed by atoms with Gasteiger partial charge in [0.15, 0.2) is 14.4 Å². The van der Waals surface area contributed by atoms with E-state index >= 15 is 0 Å². The van der Waals surface area contributed by atoms with Gasteiger partial charge in [0, 0.05) is 11.9 Å². The number of carbonyl (C=O) groups excluding carboxylic acids is 5. The SMILES string of the molecule is CC(C)[C@H](OC(=O)C1(/C=C/c2ccc3ccc([C@@H](C)NC(=O)OC(C)(C)C)nc3c2)CCC(C)(O[Si](C)(C)C(C)(C)C)CC1)C(=O)N[C@@H](C)C(=O)N1CCC[C@@H](C(=O)OCC(Cl)(Cl)Cl)N1. The van der Waals surface area contributed by atoms with Crippen LogP contribution in [-0.4, -0.2) is 94.5 Å². The lowest BCUT2D eigenvalue weighted by atomic mass is 9.68. The first-order chi connectivity index (χ1) is 29.8. The number of alkyl carbamates (subject to hydrolysis) is 1. The molecule has 1 saturated heterocycles. The number of hydrogen-bond donors (Lipinski definition) is 3. The Morgan fingerprint density at radius 1 is 0.954 bits per heavy atom. The maximum absolute atomic E-state index is 14.7. The van der Waals surface area contributed by atoms with Gasteiger partial charge in [0.1, 0.15) is 24.3 Å². The largest absolute Gasteiger partial charge is 0.460 e. The van der Waals surface area contributed by atoms with E-state index in [4.69, 9.17) is 58.4 Å². The first-order valence-corrected chi connectivity index (χ1v) is 26.5. The second kappa shape index (κ2) is 21.2. The smallest absolute Gasteiger partial charge is 0.408 e. The van der Waals surface area contributed by atoms with Crippen molar-refractivity contribution in [1.82, 2.24) is 26.1 Å². The number of hydrogen-bond acceptors (Lipinski definition) is 11. The average Bonchev–Trinajstić information content (AvgIpc) is 3.19. The fraction of sp³-hybridized carbons (Fsp3) is 0.660. The van der Waals surface area contributed by atoms with Crippen LogP contribution in [-0.2, 0) is 37.8 Å². The second-order valence-electron chi connectivity index (χ2n) is 20.7. The topological polar surface area (TPSA) is 174 Å². The fourth-order valence-corrected chi connectivity index (χ4v) is 9.43. The van der Waals surface area contributed by atoms with Crippen LogP contribution in [0.25, 0.3) is 17.0 Å². The minimum absolute atomic E-state index is 0.0161. The highest BCUT2D eigenvalue weighted by atomic mass is 35.6. The van der Waals surface area contributed by atoms with Gasteiger partial charge >= 0.3 is 18.0 Å². The number of pyridine rings is 1. The van der Waals surface area contributed by atoms with Crippen molar-refractivity contribution in [2.45, 2.75) is 172 Å². The number of carbonyl (C=O) groups is 5. The van der Waals surface area contributed by atoms with Crippen molar-refractivity contribution >= 4 is 89.9 Å². The molecule has 0 unspecified atom stereocenters. The molecule has 2 aromatic rings. The maximum atomic E-state index is 14.7. The van der Waals surface area contributed by atoms with E-state index in [1.165, 1.54) is 11.9 Å². The number of esters is 2. The molecule has 0 spiro atoms. The summed E-state index contributed by atoms with van der Waals surface area (Å²) in [5, 5.41) is 7.74. The fourth-order valence-electron chi connectivity index (χ4n) is 7.53. The molecule has 1 aromatic heterocycles. The zero-order chi connectivity index (χ0) is 48.9. The van der Waals surface area contributed by atoms with Crippen molar-refractivity contribution in [1.29, 1.82) is 0 Å². The van der Waals surface area contributed by atoms with Crippen molar-refractivity contribution in [3.63, 3.8) is 0 Å². The van der Waals surface area contributed by atoms with Crippen LogP contribution in [0.4, 0.5) is 4.79 Å². The third-order valence-corrected chi connectivity index (χ3v) is 17.3. The van der Waals surface area contributed by atoms with Gasteiger partial charge in [-0.15, -0.1) is 0 Å². The lowest BCUT2D eigenvalue weighted by Gasteiger charge is -2.48. The molecule has 362 valence electrons. The van der Waals surface area contributed by atoms with Crippen LogP contribution in [0.5, 0.6) is 0 Å². The highest BCUT2D eigenvalue weighted by Crippen LogP contribution is 2.49. The summed E-state index contributed by atoms with van der Waals surface area (Å²) in [6, 6.07) is 7.32. The van der Waals surface area contributed by atoms with Crippen LogP contribution in [0.2, 0.25) is 18.1 Å². The first kappa shape index (κ1) is 54.1. The molecule has 65 heavy (non-hydrogen) atoms. The Morgan fingerprint density at radius 3 is 2.17 bits per heavy atom. The van der Waals surface area contributed by atoms with E-state index in [1.807, 2.05) is 49.4 Å². The van der Waals surface area contributed by atoms with Crippen LogP contribution in [0, 0.1) is 11.3 Å². The van der Waals surface area contributed by atoms with E-state index in [1.54, 1.807) is 34.6 Å². The van der Waals surface area contributed by atoms with Gasteiger partial charge in [-0.1, -0.05) is 99.8 Å². The van der Waals surface area contributed by atoms with E-state index in [0.29, 0.717) is 49.7 Å². The predicted octanol–water partition coefficient (Wildman–Crippen LogP) is 9.66. The molecule has 1 aromatic carbocycles. The van der Waals surface area contributed by atoms with E-state index in [2.05, 4.69) is 56.8 Å². The number of amides is 3. The minimum Gasteiger partial charge on any atom is -0.460 e. The molecular weight excluding hydrogens is 913 g/mol. The minimum atomic E-state index is -2.18. The number of aromatic nitrogens is 1. The molecule has 1 saturated carbocycles. The van der Waals surface area contributed by atoms with Gasteiger partial charge in [-0.05, 0) is 122 Å². The summed E-state index contributed by atoms with van der Waals surface area (Å²) in [6.45, 7) is 25.3. The number of nitrogens with one attached hydrogen (secondary N) is 3. The average molecular weight is 984 g/mol. The van der Waals surface area contributed by atoms with Crippen molar-refractivity contribution in [3.8, 4) is 0 Å². The highest BCUT2D eigenvalue weighted by Gasteiger charge is 2.50. The third-order valence-electron chi connectivity index (χ3n) is 12.4. The summed E-state index contributed by atoms with van der Waals surface area (Å²) < 4.78 is 22.0. The molecule has 0 radical (unpaired) electrons.